The third-order valence-electron chi connectivity index (χ3n) is 2.10. The maximum Gasteiger partial charge on any atom is 0.137 e. The van der Waals surface area contributed by atoms with E-state index in [0.29, 0.717) is 0 Å². The number of aromatic nitrogens is 1. The van der Waals surface area contributed by atoms with Gasteiger partial charge in [0.1, 0.15) is 11.5 Å². The van der Waals surface area contributed by atoms with Crippen LogP contribution in [0, 0.1) is 13.8 Å². The SMILES string of the molecule is [CH2]c1c(-c2ccc(Br)cc2)noc1C. The number of halogens is 1. The molecule has 0 bridgehead atoms. The normalized spacial score (nSPS) is 10.5. The zero-order chi connectivity index (χ0) is 10.1. The van der Waals surface area contributed by atoms with Gasteiger partial charge in [-0.2, -0.15) is 0 Å². The van der Waals surface area contributed by atoms with E-state index in [2.05, 4.69) is 28.0 Å². The van der Waals surface area contributed by atoms with Gasteiger partial charge in [-0.05, 0) is 26.0 Å². The van der Waals surface area contributed by atoms with Gasteiger partial charge in [-0.3, -0.25) is 0 Å². The van der Waals surface area contributed by atoms with Crippen LogP contribution in [0.25, 0.3) is 11.3 Å². The van der Waals surface area contributed by atoms with Gasteiger partial charge in [-0.1, -0.05) is 33.2 Å². The van der Waals surface area contributed by atoms with Crippen molar-refractivity contribution < 1.29 is 4.52 Å². The predicted molar refractivity (Wildman–Crippen MR) is 58.8 cm³/mol. The van der Waals surface area contributed by atoms with Crippen molar-refractivity contribution in [2.75, 3.05) is 0 Å². The molecule has 0 amide bonds. The zero-order valence-electron chi connectivity index (χ0n) is 7.75. The number of rotatable bonds is 1. The number of hydrogen-bond acceptors (Lipinski definition) is 2. The molecule has 2 aromatic rings. The van der Waals surface area contributed by atoms with Gasteiger partial charge in [-0.25, -0.2) is 0 Å². The number of aryl methyl sites for hydroxylation is 1. The van der Waals surface area contributed by atoms with Crippen LogP contribution in [0.3, 0.4) is 0 Å². The fourth-order valence-electron chi connectivity index (χ4n) is 1.23. The lowest BCUT2D eigenvalue weighted by molar-refractivity contribution is 0.399. The van der Waals surface area contributed by atoms with Crippen LogP contribution in [0.1, 0.15) is 11.3 Å². The van der Waals surface area contributed by atoms with Crippen LogP contribution >= 0.6 is 15.9 Å². The van der Waals surface area contributed by atoms with Crippen molar-refractivity contribution in [3.63, 3.8) is 0 Å². The minimum Gasteiger partial charge on any atom is -0.361 e. The van der Waals surface area contributed by atoms with Gasteiger partial charge in [0.15, 0.2) is 0 Å². The molecule has 2 rings (SSSR count). The summed E-state index contributed by atoms with van der Waals surface area (Å²) in [6, 6.07) is 7.91. The highest BCUT2D eigenvalue weighted by molar-refractivity contribution is 9.10. The summed E-state index contributed by atoms with van der Waals surface area (Å²) in [5.74, 6) is 0.767. The highest BCUT2D eigenvalue weighted by Gasteiger charge is 2.09. The maximum absolute atomic E-state index is 5.06. The van der Waals surface area contributed by atoms with E-state index >= 15 is 0 Å². The van der Waals surface area contributed by atoms with E-state index in [1.807, 2.05) is 31.2 Å². The number of benzene rings is 1. The number of nitrogens with zero attached hydrogens (tertiary/aromatic N) is 1. The first-order chi connectivity index (χ1) is 6.68. The van der Waals surface area contributed by atoms with E-state index in [4.69, 9.17) is 4.52 Å². The quantitative estimate of drug-likeness (QED) is 0.773. The monoisotopic (exact) mass is 250 g/mol. The summed E-state index contributed by atoms with van der Waals surface area (Å²) in [4.78, 5) is 0. The lowest BCUT2D eigenvalue weighted by Gasteiger charge is -1.97. The molecule has 3 heteroatoms. The minimum absolute atomic E-state index is 0.767. The van der Waals surface area contributed by atoms with Crippen molar-refractivity contribution in [1.82, 2.24) is 5.16 Å². The molecule has 0 aliphatic heterocycles. The molecular weight excluding hydrogens is 242 g/mol. The van der Waals surface area contributed by atoms with E-state index in [1.54, 1.807) is 0 Å². The molecule has 2 nitrogen and oxygen atoms in total. The smallest absolute Gasteiger partial charge is 0.137 e. The van der Waals surface area contributed by atoms with Crippen LogP contribution < -0.4 is 0 Å². The Labute approximate surface area is 91.1 Å². The van der Waals surface area contributed by atoms with Crippen LogP contribution in [0.4, 0.5) is 0 Å². The van der Waals surface area contributed by atoms with Gasteiger partial charge in [0.25, 0.3) is 0 Å². The molecule has 0 saturated heterocycles. The van der Waals surface area contributed by atoms with E-state index in [9.17, 15) is 0 Å². The van der Waals surface area contributed by atoms with Crippen molar-refractivity contribution >= 4 is 15.9 Å². The Bertz CT molecular complexity index is 445. The van der Waals surface area contributed by atoms with Crippen molar-refractivity contribution in [3.05, 3.63) is 47.0 Å². The lowest BCUT2D eigenvalue weighted by Crippen LogP contribution is -1.80. The average Bonchev–Trinajstić information content (AvgIpc) is 2.50. The molecule has 0 fully saturated rings. The molecule has 1 aromatic carbocycles. The summed E-state index contributed by atoms with van der Waals surface area (Å²) in [6.45, 7) is 5.77. The van der Waals surface area contributed by atoms with Crippen molar-refractivity contribution in [2.24, 2.45) is 0 Å². The topological polar surface area (TPSA) is 26.0 Å². The Morgan fingerprint density at radius 1 is 1.29 bits per heavy atom. The van der Waals surface area contributed by atoms with Crippen LogP contribution in [0.5, 0.6) is 0 Å². The summed E-state index contributed by atoms with van der Waals surface area (Å²) >= 11 is 3.38. The maximum atomic E-state index is 5.06. The Hall–Kier alpha value is -1.09. The van der Waals surface area contributed by atoms with Crippen LogP contribution in [0.15, 0.2) is 33.3 Å². The van der Waals surface area contributed by atoms with Crippen molar-refractivity contribution in [1.29, 1.82) is 0 Å². The average molecular weight is 251 g/mol. The standard InChI is InChI=1S/C11H9BrNO/c1-7-8(2)14-13-11(7)9-3-5-10(12)6-4-9/h3-6H,1H2,2H3. The Morgan fingerprint density at radius 3 is 2.43 bits per heavy atom. The molecule has 71 valence electrons. The highest BCUT2D eigenvalue weighted by atomic mass is 79.9. The van der Waals surface area contributed by atoms with Crippen molar-refractivity contribution in [3.8, 4) is 11.3 Å². The summed E-state index contributed by atoms with van der Waals surface area (Å²) in [7, 11) is 0. The molecule has 0 aliphatic rings. The summed E-state index contributed by atoms with van der Waals surface area (Å²) in [5, 5.41) is 3.96. The highest BCUT2D eigenvalue weighted by Crippen LogP contribution is 2.25. The van der Waals surface area contributed by atoms with Gasteiger partial charge in [-0.15, -0.1) is 0 Å². The van der Waals surface area contributed by atoms with Crippen LogP contribution in [-0.2, 0) is 0 Å². The molecule has 0 atom stereocenters. The van der Waals surface area contributed by atoms with Gasteiger partial charge < -0.3 is 4.52 Å². The first-order valence-corrected chi connectivity index (χ1v) is 5.02. The second-order valence-electron chi connectivity index (χ2n) is 3.07. The van der Waals surface area contributed by atoms with E-state index in [-0.39, 0.29) is 0 Å². The molecular formula is C11H9BrNO. The molecule has 0 unspecified atom stereocenters. The Balaban J connectivity index is 2.49. The number of hydrogen-bond donors (Lipinski definition) is 0. The minimum atomic E-state index is 0.767. The van der Waals surface area contributed by atoms with Gasteiger partial charge in [0.05, 0.1) is 0 Å². The van der Waals surface area contributed by atoms with Crippen molar-refractivity contribution in [2.45, 2.75) is 6.92 Å². The predicted octanol–water partition coefficient (Wildman–Crippen LogP) is 3.59. The summed E-state index contributed by atoms with van der Waals surface area (Å²) in [5.41, 5.74) is 2.69. The lowest BCUT2D eigenvalue weighted by atomic mass is 10.1. The van der Waals surface area contributed by atoms with E-state index in [1.165, 1.54) is 0 Å². The molecule has 0 aliphatic carbocycles. The van der Waals surface area contributed by atoms with Gasteiger partial charge in [0.2, 0.25) is 0 Å². The fourth-order valence-corrected chi connectivity index (χ4v) is 1.49. The van der Waals surface area contributed by atoms with Crippen LogP contribution in [0.2, 0.25) is 0 Å². The summed E-state index contributed by atoms with van der Waals surface area (Å²) < 4.78 is 6.10. The molecule has 1 radical (unpaired) electrons. The molecule has 0 saturated carbocycles. The Kier molecular flexibility index (Phi) is 2.42. The van der Waals surface area contributed by atoms with E-state index in [0.717, 1.165) is 27.1 Å². The van der Waals surface area contributed by atoms with Gasteiger partial charge in [0, 0.05) is 15.6 Å². The van der Waals surface area contributed by atoms with Crippen LogP contribution in [-0.4, -0.2) is 5.16 Å². The fraction of sp³-hybridized carbons (Fsp3) is 0.0909. The third-order valence-corrected chi connectivity index (χ3v) is 2.63. The molecule has 1 heterocycles. The second kappa shape index (κ2) is 3.58. The summed E-state index contributed by atoms with van der Waals surface area (Å²) in [6.07, 6.45) is 0. The Morgan fingerprint density at radius 2 is 1.93 bits per heavy atom. The van der Waals surface area contributed by atoms with E-state index < -0.39 is 0 Å². The largest absolute Gasteiger partial charge is 0.361 e. The molecule has 0 spiro atoms. The molecule has 1 aromatic heterocycles. The first kappa shape index (κ1) is 9.46. The third kappa shape index (κ3) is 1.60. The van der Waals surface area contributed by atoms with Gasteiger partial charge >= 0.3 is 0 Å². The zero-order valence-corrected chi connectivity index (χ0v) is 9.34. The molecule has 14 heavy (non-hydrogen) atoms. The molecule has 0 N–H and O–H groups in total. The first-order valence-electron chi connectivity index (χ1n) is 4.22. The second-order valence-corrected chi connectivity index (χ2v) is 3.99.